The number of nitrogens with two attached hydrogens (primary N) is 1. The average molecular weight is 306 g/mol. The lowest BCUT2D eigenvalue weighted by atomic mass is 10.2. The van der Waals surface area contributed by atoms with Crippen LogP contribution in [-0.4, -0.2) is 15.5 Å². The minimum absolute atomic E-state index is 0.144. The lowest BCUT2D eigenvalue weighted by Crippen LogP contribution is -2.15. The molecular formula is C15H18N2O3S. The number of nitrogen functional groups attached to an aromatic ring is 1. The van der Waals surface area contributed by atoms with E-state index in [1.54, 1.807) is 36.4 Å². The Morgan fingerprint density at radius 1 is 1.19 bits per heavy atom. The number of hydrogen-bond donors (Lipinski definition) is 2. The average Bonchev–Trinajstić information content (AvgIpc) is 2.37. The van der Waals surface area contributed by atoms with Crippen molar-refractivity contribution >= 4 is 21.4 Å². The van der Waals surface area contributed by atoms with Crippen LogP contribution in [0.5, 0.6) is 5.75 Å². The summed E-state index contributed by atoms with van der Waals surface area (Å²) in [5.74, 6) is 0.339. The zero-order valence-electron chi connectivity index (χ0n) is 12.0. The number of anilines is 2. The maximum absolute atomic E-state index is 12.3. The Labute approximate surface area is 124 Å². The van der Waals surface area contributed by atoms with Gasteiger partial charge in [-0.1, -0.05) is 18.2 Å². The highest BCUT2D eigenvalue weighted by molar-refractivity contribution is 7.91. The fourth-order valence-corrected chi connectivity index (χ4v) is 3.19. The van der Waals surface area contributed by atoms with Crippen LogP contribution in [0.25, 0.3) is 0 Å². The molecule has 2 aromatic carbocycles. The number of rotatable bonds is 5. The van der Waals surface area contributed by atoms with E-state index in [1.807, 2.05) is 13.0 Å². The first-order chi connectivity index (χ1) is 9.89. The van der Waals surface area contributed by atoms with Crippen molar-refractivity contribution < 1.29 is 13.2 Å². The van der Waals surface area contributed by atoms with E-state index in [4.69, 9.17) is 10.5 Å². The molecule has 0 fully saturated rings. The number of sulfonamides is 1. The van der Waals surface area contributed by atoms with Gasteiger partial charge >= 0.3 is 0 Å². The van der Waals surface area contributed by atoms with Crippen molar-refractivity contribution in [1.29, 1.82) is 0 Å². The van der Waals surface area contributed by atoms with E-state index in [2.05, 4.69) is 4.72 Å². The molecule has 0 radical (unpaired) electrons. The Kier molecular flexibility index (Phi) is 4.37. The summed E-state index contributed by atoms with van der Waals surface area (Å²) in [6.07, 6.45) is 0. The summed E-state index contributed by atoms with van der Waals surface area (Å²) in [6.45, 7) is 1.88. The van der Waals surface area contributed by atoms with E-state index < -0.39 is 10.0 Å². The normalized spacial score (nSPS) is 11.1. The molecule has 3 N–H and O–H groups in total. The van der Waals surface area contributed by atoms with Gasteiger partial charge in [-0.2, -0.15) is 0 Å². The summed E-state index contributed by atoms with van der Waals surface area (Å²) in [5.41, 5.74) is 8.21. The van der Waals surface area contributed by atoms with Crippen LogP contribution in [0.2, 0.25) is 0 Å². The second kappa shape index (κ2) is 6.05. The standard InChI is InChI=1S/C15H18N2O3S/c1-11-6-7-15(20-2)14(8-11)17-21(18,19)10-12-4-3-5-13(16)9-12/h3-9,17H,10,16H2,1-2H3. The molecule has 0 heterocycles. The molecule has 0 atom stereocenters. The highest BCUT2D eigenvalue weighted by atomic mass is 32.2. The largest absolute Gasteiger partial charge is 0.495 e. The molecule has 5 nitrogen and oxygen atoms in total. The third-order valence-electron chi connectivity index (χ3n) is 2.93. The molecule has 0 saturated heterocycles. The Balaban J connectivity index is 2.23. The van der Waals surface area contributed by atoms with Crippen molar-refractivity contribution in [2.75, 3.05) is 17.6 Å². The highest BCUT2D eigenvalue weighted by Gasteiger charge is 2.14. The molecule has 0 unspecified atom stereocenters. The Bertz CT molecular complexity index is 742. The van der Waals surface area contributed by atoms with Crippen LogP contribution in [0.3, 0.4) is 0 Å². The molecule has 0 amide bonds. The smallest absolute Gasteiger partial charge is 0.237 e. The van der Waals surface area contributed by atoms with Gasteiger partial charge in [0, 0.05) is 5.69 Å². The Hall–Kier alpha value is -2.21. The van der Waals surface area contributed by atoms with Crippen molar-refractivity contribution in [3.05, 3.63) is 53.6 Å². The van der Waals surface area contributed by atoms with Gasteiger partial charge in [0.05, 0.1) is 18.6 Å². The van der Waals surface area contributed by atoms with Crippen LogP contribution in [0.4, 0.5) is 11.4 Å². The van der Waals surface area contributed by atoms with Gasteiger partial charge in [0.15, 0.2) is 0 Å². The molecule has 6 heteroatoms. The minimum Gasteiger partial charge on any atom is -0.495 e. The molecule has 112 valence electrons. The molecular weight excluding hydrogens is 288 g/mol. The van der Waals surface area contributed by atoms with E-state index in [9.17, 15) is 8.42 Å². The molecule has 0 aliphatic carbocycles. The second-order valence-corrected chi connectivity index (χ2v) is 6.53. The zero-order valence-corrected chi connectivity index (χ0v) is 12.8. The van der Waals surface area contributed by atoms with Crippen LogP contribution >= 0.6 is 0 Å². The maximum Gasteiger partial charge on any atom is 0.237 e. The van der Waals surface area contributed by atoms with Gasteiger partial charge < -0.3 is 10.5 Å². The number of nitrogens with one attached hydrogen (secondary N) is 1. The Morgan fingerprint density at radius 3 is 2.62 bits per heavy atom. The number of methoxy groups -OCH3 is 1. The number of aryl methyl sites for hydroxylation is 1. The topological polar surface area (TPSA) is 81.4 Å². The van der Waals surface area contributed by atoms with Gasteiger partial charge in [0.1, 0.15) is 5.75 Å². The van der Waals surface area contributed by atoms with Crippen LogP contribution in [0.15, 0.2) is 42.5 Å². The predicted octanol–water partition coefficient (Wildman–Crippen LogP) is 2.53. The maximum atomic E-state index is 12.3. The SMILES string of the molecule is COc1ccc(C)cc1NS(=O)(=O)Cc1cccc(N)c1. The van der Waals surface area contributed by atoms with Crippen LogP contribution in [0, 0.1) is 6.92 Å². The summed E-state index contributed by atoms with van der Waals surface area (Å²) >= 11 is 0. The minimum atomic E-state index is -3.54. The van der Waals surface area contributed by atoms with Crippen molar-refractivity contribution in [3.63, 3.8) is 0 Å². The summed E-state index contributed by atoms with van der Waals surface area (Å²) in [4.78, 5) is 0. The van der Waals surface area contributed by atoms with Gasteiger partial charge in [-0.05, 0) is 42.3 Å². The molecule has 0 aliphatic heterocycles. The van der Waals surface area contributed by atoms with E-state index in [-0.39, 0.29) is 5.75 Å². The quantitative estimate of drug-likeness (QED) is 0.832. The van der Waals surface area contributed by atoms with Gasteiger partial charge in [-0.15, -0.1) is 0 Å². The zero-order chi connectivity index (χ0) is 15.5. The molecule has 0 aromatic heterocycles. The first-order valence-electron chi connectivity index (χ1n) is 6.39. The fourth-order valence-electron chi connectivity index (χ4n) is 2.01. The van der Waals surface area contributed by atoms with E-state index in [0.717, 1.165) is 5.56 Å². The number of ether oxygens (including phenoxy) is 1. The van der Waals surface area contributed by atoms with E-state index in [1.165, 1.54) is 7.11 Å². The Morgan fingerprint density at radius 2 is 1.95 bits per heavy atom. The summed E-state index contributed by atoms with van der Waals surface area (Å²) in [5, 5.41) is 0. The van der Waals surface area contributed by atoms with E-state index in [0.29, 0.717) is 22.7 Å². The molecule has 0 bridgehead atoms. The number of benzene rings is 2. The summed E-state index contributed by atoms with van der Waals surface area (Å²) < 4.78 is 32.2. The first-order valence-corrected chi connectivity index (χ1v) is 8.04. The van der Waals surface area contributed by atoms with Gasteiger partial charge in [-0.3, -0.25) is 4.72 Å². The first kappa shape index (κ1) is 15.2. The summed E-state index contributed by atoms with van der Waals surface area (Å²) in [7, 11) is -2.04. The highest BCUT2D eigenvalue weighted by Crippen LogP contribution is 2.26. The van der Waals surface area contributed by atoms with Crippen molar-refractivity contribution in [1.82, 2.24) is 0 Å². The molecule has 21 heavy (non-hydrogen) atoms. The van der Waals surface area contributed by atoms with Gasteiger partial charge in [0.2, 0.25) is 10.0 Å². The molecule has 2 rings (SSSR count). The molecule has 0 aliphatic rings. The van der Waals surface area contributed by atoms with Crippen LogP contribution in [-0.2, 0) is 15.8 Å². The molecule has 0 saturated carbocycles. The molecule has 0 spiro atoms. The van der Waals surface area contributed by atoms with Crippen LogP contribution in [0.1, 0.15) is 11.1 Å². The lowest BCUT2D eigenvalue weighted by Gasteiger charge is -2.12. The van der Waals surface area contributed by atoms with Crippen LogP contribution < -0.4 is 15.2 Å². The fraction of sp³-hybridized carbons (Fsp3) is 0.200. The third kappa shape index (κ3) is 4.13. The predicted molar refractivity (Wildman–Crippen MR) is 84.8 cm³/mol. The monoisotopic (exact) mass is 306 g/mol. The van der Waals surface area contributed by atoms with Crippen molar-refractivity contribution in [2.45, 2.75) is 12.7 Å². The van der Waals surface area contributed by atoms with Gasteiger partial charge in [-0.25, -0.2) is 8.42 Å². The molecule has 2 aromatic rings. The van der Waals surface area contributed by atoms with Crippen molar-refractivity contribution in [3.8, 4) is 5.75 Å². The van der Waals surface area contributed by atoms with Crippen molar-refractivity contribution in [2.24, 2.45) is 0 Å². The third-order valence-corrected chi connectivity index (χ3v) is 4.17. The lowest BCUT2D eigenvalue weighted by molar-refractivity contribution is 0.417. The number of hydrogen-bond acceptors (Lipinski definition) is 4. The summed E-state index contributed by atoms with van der Waals surface area (Å²) in [6, 6.07) is 12.1. The van der Waals surface area contributed by atoms with E-state index >= 15 is 0 Å². The second-order valence-electron chi connectivity index (χ2n) is 4.81. The van der Waals surface area contributed by atoms with Gasteiger partial charge in [0.25, 0.3) is 0 Å².